The molecule has 0 aromatic heterocycles. The minimum Gasteiger partial charge on any atom is -0.512 e. The lowest BCUT2D eigenvalue weighted by molar-refractivity contribution is -0.0565. The zero-order valence-corrected chi connectivity index (χ0v) is 45.0. The zero-order chi connectivity index (χ0) is 50.8. The summed E-state index contributed by atoms with van der Waals surface area (Å²) in [5.74, 6) is 2.01. The van der Waals surface area contributed by atoms with Crippen molar-refractivity contribution in [2.45, 2.75) is 250 Å². The van der Waals surface area contributed by atoms with E-state index >= 15 is 0 Å². The molecular weight excluding hydrogens is 881 g/mol. The smallest absolute Gasteiger partial charge is 0.0953 e. The SMILES string of the molecule is CCCCCCCC1C(O)CC(CN(CC2CCC(CN(CC/C(O)=C(/CCCCCCCN)[C@@H](O)CC)CC3CC(O)C(CCC)[C@H](O)C3)CC2)C[C@@H]2CC(O)=C(CCCCCN)[C@H](O)C2)CC1O. The summed E-state index contributed by atoms with van der Waals surface area (Å²) in [5.41, 5.74) is 13.0. The van der Waals surface area contributed by atoms with Crippen LogP contribution in [0.4, 0.5) is 0 Å². The topological polar surface area (TPSA) is 220 Å². The van der Waals surface area contributed by atoms with E-state index in [1.165, 1.54) is 19.3 Å². The van der Waals surface area contributed by atoms with E-state index in [9.17, 15) is 40.9 Å². The zero-order valence-electron chi connectivity index (χ0n) is 45.0. The highest BCUT2D eigenvalue weighted by Crippen LogP contribution is 2.39. The number of nitrogens with two attached hydrogens (primary N) is 2. The Morgan fingerprint density at radius 3 is 1.59 bits per heavy atom. The number of hydrogen-bond acceptors (Lipinski definition) is 12. The minimum absolute atomic E-state index is 0.0575. The Balaban J connectivity index is 1.43. The van der Waals surface area contributed by atoms with E-state index < -0.39 is 36.6 Å². The van der Waals surface area contributed by atoms with Crippen LogP contribution in [0.25, 0.3) is 0 Å². The van der Waals surface area contributed by atoms with Crippen molar-refractivity contribution in [2.24, 2.45) is 52.9 Å². The molecule has 410 valence electrons. The van der Waals surface area contributed by atoms with Crippen molar-refractivity contribution < 1.29 is 40.9 Å². The Labute approximate surface area is 427 Å². The van der Waals surface area contributed by atoms with E-state index in [0.29, 0.717) is 107 Å². The number of rotatable bonds is 35. The highest BCUT2D eigenvalue weighted by atomic mass is 16.3. The molecule has 0 aromatic rings. The molecule has 4 rings (SSSR count). The highest BCUT2D eigenvalue weighted by Gasteiger charge is 2.39. The maximum absolute atomic E-state index is 11.6. The van der Waals surface area contributed by atoms with Crippen LogP contribution < -0.4 is 11.5 Å². The van der Waals surface area contributed by atoms with Crippen LogP contribution in [0.2, 0.25) is 0 Å². The molecule has 0 bridgehead atoms. The average molecular weight is 992 g/mol. The van der Waals surface area contributed by atoms with Crippen LogP contribution in [0, 0.1) is 41.4 Å². The first-order valence-electron chi connectivity index (χ1n) is 29.5. The molecule has 3 fully saturated rings. The number of hydrogen-bond donors (Lipinski definition) is 10. The summed E-state index contributed by atoms with van der Waals surface area (Å²) in [6, 6.07) is 0. The Morgan fingerprint density at radius 1 is 0.543 bits per heavy atom. The Hall–Kier alpha value is -1.32. The maximum Gasteiger partial charge on any atom is 0.0953 e. The van der Waals surface area contributed by atoms with Gasteiger partial charge in [0.05, 0.1) is 48.1 Å². The van der Waals surface area contributed by atoms with Crippen LogP contribution in [-0.2, 0) is 0 Å². The highest BCUT2D eigenvalue weighted by molar-refractivity contribution is 5.17. The molecule has 0 heterocycles. The summed E-state index contributed by atoms with van der Waals surface area (Å²) in [5, 5.41) is 90.3. The largest absolute Gasteiger partial charge is 0.512 e. The molecule has 12 N–H and O–H groups in total. The van der Waals surface area contributed by atoms with Crippen LogP contribution in [0.5, 0.6) is 0 Å². The first-order valence-corrected chi connectivity index (χ1v) is 29.5. The molecule has 9 atom stereocenters. The molecule has 12 nitrogen and oxygen atoms in total. The summed E-state index contributed by atoms with van der Waals surface area (Å²) < 4.78 is 0. The van der Waals surface area contributed by atoms with Crippen molar-refractivity contribution in [3.8, 4) is 0 Å². The van der Waals surface area contributed by atoms with Gasteiger partial charge in [0.1, 0.15) is 0 Å². The monoisotopic (exact) mass is 991 g/mol. The van der Waals surface area contributed by atoms with Crippen molar-refractivity contribution in [2.75, 3.05) is 52.4 Å². The second-order valence-electron chi connectivity index (χ2n) is 23.5. The van der Waals surface area contributed by atoms with Gasteiger partial charge in [0.15, 0.2) is 0 Å². The molecule has 4 aliphatic rings. The number of allylic oxidation sites excluding steroid dienone is 1. The maximum atomic E-state index is 11.6. The molecule has 0 amide bonds. The van der Waals surface area contributed by atoms with E-state index in [4.69, 9.17) is 11.5 Å². The van der Waals surface area contributed by atoms with E-state index in [1.807, 2.05) is 6.92 Å². The summed E-state index contributed by atoms with van der Waals surface area (Å²) in [7, 11) is 0. The predicted molar refractivity (Wildman–Crippen MR) is 286 cm³/mol. The quantitative estimate of drug-likeness (QED) is 0.0212. The van der Waals surface area contributed by atoms with E-state index in [0.717, 1.165) is 153 Å². The predicted octanol–water partition coefficient (Wildman–Crippen LogP) is 9.43. The van der Waals surface area contributed by atoms with Gasteiger partial charge in [0.2, 0.25) is 0 Å². The van der Waals surface area contributed by atoms with Crippen molar-refractivity contribution in [1.82, 2.24) is 9.80 Å². The van der Waals surface area contributed by atoms with Gasteiger partial charge in [-0.3, -0.25) is 0 Å². The summed E-state index contributed by atoms with van der Waals surface area (Å²) >= 11 is 0. The molecule has 3 saturated carbocycles. The molecule has 70 heavy (non-hydrogen) atoms. The van der Waals surface area contributed by atoms with Gasteiger partial charge in [0.25, 0.3) is 0 Å². The lowest BCUT2D eigenvalue weighted by Crippen LogP contribution is -2.46. The number of nitrogens with zero attached hydrogens (tertiary/aromatic N) is 2. The summed E-state index contributed by atoms with van der Waals surface area (Å²) in [6.07, 6.45) is 24.1. The van der Waals surface area contributed by atoms with Crippen molar-refractivity contribution >= 4 is 0 Å². The van der Waals surface area contributed by atoms with Gasteiger partial charge >= 0.3 is 0 Å². The first-order chi connectivity index (χ1) is 33.8. The average Bonchev–Trinajstić information content (AvgIpc) is 3.32. The number of unbranched alkanes of at least 4 members (excludes halogenated alkanes) is 10. The van der Waals surface area contributed by atoms with Gasteiger partial charge in [-0.05, 0) is 169 Å². The first kappa shape index (κ1) is 61.2. The molecule has 12 heteroatoms. The standard InChI is InChI=1S/C58H110N4O8/c1-4-7-8-10-14-21-49-55(67)33-45(34-56(49)68)40-62(41-46-35-57(69)50(58(70)36-46)22-16-13-18-29-60)38-43-25-23-42(24-26-43)37-61(39-44-31-53(65)47(19-5-2)54(66)32-44)30-27-52(64)48(51(63)6-3)20-15-11-9-12-17-28-59/h42-47,49,51,53-57,63-70H,4-41,59-60H2,1-3H3/b52-48+/t42?,43?,44?,45?,46-,47?,49?,51-,53+,54?,55?,56?,57+/m0/s1. The molecule has 0 radical (unpaired) electrons. The van der Waals surface area contributed by atoms with Crippen LogP contribution in [0.15, 0.2) is 22.7 Å². The van der Waals surface area contributed by atoms with Crippen LogP contribution in [0.3, 0.4) is 0 Å². The summed E-state index contributed by atoms with van der Waals surface area (Å²) in [4.78, 5) is 5.05. The van der Waals surface area contributed by atoms with Gasteiger partial charge in [-0.2, -0.15) is 0 Å². The molecule has 0 saturated heterocycles. The van der Waals surface area contributed by atoms with Gasteiger partial charge in [-0.1, -0.05) is 85.0 Å². The fourth-order valence-electron chi connectivity index (χ4n) is 13.4. The van der Waals surface area contributed by atoms with E-state index in [-0.39, 0.29) is 29.6 Å². The number of aliphatic hydroxyl groups is 8. The van der Waals surface area contributed by atoms with Crippen LogP contribution >= 0.6 is 0 Å². The van der Waals surface area contributed by atoms with Gasteiger partial charge < -0.3 is 62.1 Å². The molecule has 5 unspecified atom stereocenters. The normalized spacial score (nSPS) is 30.9. The fourth-order valence-corrected chi connectivity index (χ4v) is 13.4. The Kier molecular flexibility index (Phi) is 30.0. The van der Waals surface area contributed by atoms with E-state index in [2.05, 4.69) is 23.6 Å². The molecule has 0 aliphatic heterocycles. The second-order valence-corrected chi connectivity index (χ2v) is 23.5. The second kappa shape index (κ2) is 34.3. The van der Waals surface area contributed by atoms with Crippen molar-refractivity contribution in [3.05, 3.63) is 22.7 Å². The molecule has 0 aromatic carbocycles. The molecule has 4 aliphatic carbocycles. The van der Waals surface area contributed by atoms with Crippen molar-refractivity contribution in [1.29, 1.82) is 0 Å². The third-order valence-corrected chi connectivity index (χ3v) is 17.5. The fraction of sp³-hybridized carbons (Fsp3) is 0.931. The summed E-state index contributed by atoms with van der Waals surface area (Å²) in [6.45, 7) is 12.5. The van der Waals surface area contributed by atoms with Crippen LogP contribution in [-0.4, -0.2) is 140 Å². The molecule has 0 spiro atoms. The van der Waals surface area contributed by atoms with Gasteiger partial charge in [-0.25, -0.2) is 0 Å². The van der Waals surface area contributed by atoms with E-state index in [1.54, 1.807) is 0 Å². The lowest BCUT2D eigenvalue weighted by atomic mass is 9.75. The van der Waals surface area contributed by atoms with Gasteiger partial charge in [-0.15, -0.1) is 0 Å². The third kappa shape index (κ3) is 21.5. The van der Waals surface area contributed by atoms with Crippen molar-refractivity contribution in [3.63, 3.8) is 0 Å². The van der Waals surface area contributed by atoms with Gasteiger partial charge in [0, 0.05) is 63.9 Å². The Morgan fingerprint density at radius 2 is 1.03 bits per heavy atom. The minimum atomic E-state index is -0.652. The number of aliphatic hydroxyl groups excluding tert-OH is 8. The third-order valence-electron chi connectivity index (χ3n) is 17.5. The molecular formula is C58H110N4O8. The Bertz CT molecular complexity index is 1420. The van der Waals surface area contributed by atoms with Crippen LogP contribution in [0.1, 0.15) is 213 Å². The lowest BCUT2D eigenvalue weighted by Gasteiger charge is -2.42.